The Morgan fingerprint density at radius 1 is 1.30 bits per heavy atom. The van der Waals surface area contributed by atoms with E-state index in [4.69, 9.17) is 9.47 Å². The SMILES string of the molecule is Cc1n[nH]c(C)c1NC(=O)c1cccc2c1OCCO2. The Morgan fingerprint density at radius 2 is 2.10 bits per heavy atom. The molecule has 0 saturated heterocycles. The summed E-state index contributed by atoms with van der Waals surface area (Å²) in [5.41, 5.74) is 2.72. The lowest BCUT2D eigenvalue weighted by atomic mass is 10.1. The highest BCUT2D eigenvalue weighted by atomic mass is 16.6. The largest absolute Gasteiger partial charge is 0.486 e. The lowest BCUT2D eigenvalue weighted by Crippen LogP contribution is -2.20. The minimum atomic E-state index is -0.236. The van der Waals surface area contributed by atoms with Crippen molar-refractivity contribution in [2.24, 2.45) is 0 Å². The molecule has 1 aliphatic heterocycles. The van der Waals surface area contributed by atoms with Gasteiger partial charge in [-0.05, 0) is 26.0 Å². The molecule has 0 bridgehead atoms. The predicted molar refractivity (Wildman–Crippen MR) is 73.4 cm³/mol. The number of aromatic amines is 1. The van der Waals surface area contributed by atoms with E-state index in [1.54, 1.807) is 18.2 Å². The Hall–Kier alpha value is -2.50. The number of ether oxygens (including phenoxy) is 2. The van der Waals surface area contributed by atoms with Crippen LogP contribution in [-0.2, 0) is 0 Å². The van der Waals surface area contributed by atoms with Crippen LogP contribution in [0.5, 0.6) is 11.5 Å². The minimum Gasteiger partial charge on any atom is -0.486 e. The van der Waals surface area contributed by atoms with Gasteiger partial charge in [0, 0.05) is 0 Å². The van der Waals surface area contributed by atoms with Crippen LogP contribution >= 0.6 is 0 Å². The van der Waals surface area contributed by atoms with Crippen LogP contribution in [0, 0.1) is 13.8 Å². The van der Waals surface area contributed by atoms with Crippen molar-refractivity contribution in [1.29, 1.82) is 0 Å². The first-order valence-electron chi connectivity index (χ1n) is 6.38. The van der Waals surface area contributed by atoms with Gasteiger partial charge in [-0.1, -0.05) is 6.07 Å². The molecule has 3 rings (SSSR count). The normalized spacial score (nSPS) is 13.1. The average Bonchev–Trinajstić information content (AvgIpc) is 2.78. The van der Waals surface area contributed by atoms with Gasteiger partial charge in [0.1, 0.15) is 13.2 Å². The molecular weight excluding hydrogens is 258 g/mol. The monoisotopic (exact) mass is 273 g/mol. The molecule has 6 heteroatoms. The van der Waals surface area contributed by atoms with Crippen LogP contribution in [0.4, 0.5) is 5.69 Å². The molecule has 0 aliphatic carbocycles. The Bertz CT molecular complexity index is 644. The maximum atomic E-state index is 12.4. The highest BCUT2D eigenvalue weighted by Gasteiger charge is 2.21. The van der Waals surface area contributed by atoms with Gasteiger partial charge in [-0.15, -0.1) is 0 Å². The van der Waals surface area contributed by atoms with Crippen LogP contribution in [0.25, 0.3) is 0 Å². The highest BCUT2D eigenvalue weighted by molar-refractivity contribution is 6.07. The fourth-order valence-electron chi connectivity index (χ4n) is 2.17. The van der Waals surface area contributed by atoms with Crippen molar-refractivity contribution in [2.45, 2.75) is 13.8 Å². The van der Waals surface area contributed by atoms with E-state index in [2.05, 4.69) is 15.5 Å². The average molecular weight is 273 g/mol. The van der Waals surface area contributed by atoms with E-state index >= 15 is 0 Å². The first-order valence-corrected chi connectivity index (χ1v) is 6.38. The molecule has 1 aromatic carbocycles. The van der Waals surface area contributed by atoms with Crippen molar-refractivity contribution in [2.75, 3.05) is 18.5 Å². The number of para-hydroxylation sites is 1. The van der Waals surface area contributed by atoms with Gasteiger partial charge in [0.15, 0.2) is 11.5 Å². The number of H-pyrrole nitrogens is 1. The third kappa shape index (κ3) is 2.09. The summed E-state index contributed by atoms with van der Waals surface area (Å²) in [6.07, 6.45) is 0. The molecule has 2 N–H and O–H groups in total. The second-order valence-corrected chi connectivity index (χ2v) is 4.59. The van der Waals surface area contributed by atoms with Gasteiger partial charge in [0.2, 0.25) is 0 Å². The van der Waals surface area contributed by atoms with Crippen molar-refractivity contribution in [3.05, 3.63) is 35.2 Å². The van der Waals surface area contributed by atoms with Gasteiger partial charge < -0.3 is 14.8 Å². The third-order valence-electron chi connectivity index (χ3n) is 3.18. The van der Waals surface area contributed by atoms with Crippen molar-refractivity contribution in [3.8, 4) is 11.5 Å². The van der Waals surface area contributed by atoms with E-state index in [0.717, 1.165) is 11.4 Å². The zero-order chi connectivity index (χ0) is 14.1. The summed E-state index contributed by atoms with van der Waals surface area (Å²) < 4.78 is 11.0. The highest BCUT2D eigenvalue weighted by Crippen LogP contribution is 2.34. The molecule has 0 fully saturated rings. The molecule has 0 unspecified atom stereocenters. The minimum absolute atomic E-state index is 0.236. The first kappa shape index (κ1) is 12.5. The number of anilines is 1. The smallest absolute Gasteiger partial charge is 0.259 e. The fraction of sp³-hybridized carbons (Fsp3) is 0.286. The summed E-state index contributed by atoms with van der Waals surface area (Å²) in [7, 11) is 0. The second kappa shape index (κ2) is 4.88. The molecule has 0 radical (unpaired) electrons. The van der Waals surface area contributed by atoms with Gasteiger partial charge in [0.05, 0.1) is 22.6 Å². The molecule has 2 heterocycles. The summed E-state index contributed by atoms with van der Waals surface area (Å²) in [5.74, 6) is 0.861. The lowest BCUT2D eigenvalue weighted by Gasteiger charge is -2.20. The molecule has 2 aromatic rings. The van der Waals surface area contributed by atoms with E-state index in [1.807, 2.05) is 13.8 Å². The van der Waals surface area contributed by atoms with Crippen LogP contribution in [0.3, 0.4) is 0 Å². The standard InChI is InChI=1S/C14H15N3O3/c1-8-12(9(2)17-16-8)15-14(18)10-4-3-5-11-13(10)20-7-6-19-11/h3-5H,6-7H2,1-2H3,(H,15,18)(H,16,17). The van der Waals surface area contributed by atoms with Crippen molar-refractivity contribution in [1.82, 2.24) is 10.2 Å². The van der Waals surface area contributed by atoms with Crippen molar-refractivity contribution >= 4 is 11.6 Å². The number of hydrogen-bond donors (Lipinski definition) is 2. The Kier molecular flexibility index (Phi) is 3.06. The number of carbonyl (C=O) groups excluding carboxylic acids is 1. The number of hydrogen-bond acceptors (Lipinski definition) is 4. The molecule has 0 spiro atoms. The van der Waals surface area contributed by atoms with Crippen molar-refractivity contribution in [3.63, 3.8) is 0 Å². The number of aromatic nitrogens is 2. The van der Waals surface area contributed by atoms with Crippen LogP contribution in [-0.4, -0.2) is 29.3 Å². The van der Waals surface area contributed by atoms with E-state index in [9.17, 15) is 4.79 Å². The van der Waals surface area contributed by atoms with Gasteiger partial charge in [-0.2, -0.15) is 5.10 Å². The number of rotatable bonds is 2. The summed E-state index contributed by atoms with van der Waals surface area (Å²) in [6, 6.07) is 5.28. The van der Waals surface area contributed by atoms with Gasteiger partial charge in [0.25, 0.3) is 5.91 Å². The number of nitrogens with one attached hydrogen (secondary N) is 2. The van der Waals surface area contributed by atoms with Crippen LogP contribution < -0.4 is 14.8 Å². The number of aryl methyl sites for hydroxylation is 2. The number of amides is 1. The summed E-state index contributed by atoms with van der Waals surface area (Å²) >= 11 is 0. The molecule has 1 amide bonds. The predicted octanol–water partition coefficient (Wildman–Crippen LogP) is 2.05. The number of carbonyl (C=O) groups is 1. The molecule has 1 aromatic heterocycles. The zero-order valence-corrected chi connectivity index (χ0v) is 11.3. The molecule has 104 valence electrons. The summed E-state index contributed by atoms with van der Waals surface area (Å²) in [6.45, 7) is 4.63. The van der Waals surface area contributed by atoms with Crippen LogP contribution in [0.1, 0.15) is 21.7 Å². The van der Waals surface area contributed by atoms with Gasteiger partial charge >= 0.3 is 0 Å². The Balaban J connectivity index is 1.92. The Morgan fingerprint density at radius 3 is 2.85 bits per heavy atom. The summed E-state index contributed by atoms with van der Waals surface area (Å²) in [5, 5.41) is 9.75. The van der Waals surface area contributed by atoms with E-state index in [0.29, 0.717) is 36.0 Å². The van der Waals surface area contributed by atoms with Crippen LogP contribution in [0.15, 0.2) is 18.2 Å². The number of nitrogens with zero attached hydrogens (tertiary/aromatic N) is 1. The summed E-state index contributed by atoms with van der Waals surface area (Å²) in [4.78, 5) is 12.4. The quantitative estimate of drug-likeness (QED) is 0.878. The third-order valence-corrected chi connectivity index (χ3v) is 3.18. The lowest BCUT2D eigenvalue weighted by molar-refractivity contribution is 0.101. The molecule has 0 saturated carbocycles. The second-order valence-electron chi connectivity index (χ2n) is 4.59. The maximum absolute atomic E-state index is 12.4. The molecule has 0 atom stereocenters. The van der Waals surface area contributed by atoms with Crippen LogP contribution in [0.2, 0.25) is 0 Å². The molecule has 6 nitrogen and oxygen atoms in total. The number of fused-ring (bicyclic) bond motifs is 1. The Labute approximate surface area is 116 Å². The van der Waals surface area contributed by atoms with Crippen molar-refractivity contribution < 1.29 is 14.3 Å². The molecule has 1 aliphatic rings. The first-order chi connectivity index (χ1) is 9.66. The van der Waals surface area contributed by atoms with E-state index < -0.39 is 0 Å². The number of benzene rings is 1. The van der Waals surface area contributed by atoms with E-state index in [1.165, 1.54) is 0 Å². The topological polar surface area (TPSA) is 76.2 Å². The molecule has 20 heavy (non-hydrogen) atoms. The van der Waals surface area contributed by atoms with Gasteiger partial charge in [-0.25, -0.2) is 0 Å². The van der Waals surface area contributed by atoms with E-state index in [-0.39, 0.29) is 5.91 Å². The fourth-order valence-corrected chi connectivity index (χ4v) is 2.17. The molecular formula is C14H15N3O3. The zero-order valence-electron chi connectivity index (χ0n) is 11.3. The van der Waals surface area contributed by atoms with Gasteiger partial charge in [-0.3, -0.25) is 9.89 Å². The maximum Gasteiger partial charge on any atom is 0.259 e.